The van der Waals surface area contributed by atoms with Gasteiger partial charge < -0.3 is 5.32 Å². The second kappa shape index (κ2) is 7.40. The summed E-state index contributed by atoms with van der Waals surface area (Å²) >= 11 is 6.38. The Bertz CT molecular complexity index is 1100. The fourth-order valence-electron chi connectivity index (χ4n) is 3.28. The molecule has 1 aliphatic rings. The first-order valence-electron chi connectivity index (χ1n) is 9.04. The monoisotopic (exact) mass is 393 g/mol. The minimum atomic E-state index is -0.0493. The normalized spacial score (nSPS) is 14.1. The van der Waals surface area contributed by atoms with Gasteiger partial charge in [0.1, 0.15) is 0 Å². The minimum Gasteiger partial charge on any atom is -0.336 e. The van der Waals surface area contributed by atoms with E-state index in [0.717, 1.165) is 28.7 Å². The molecule has 2 heterocycles. The number of H-pyrrole nitrogens is 1. The van der Waals surface area contributed by atoms with Crippen molar-refractivity contribution in [1.82, 2.24) is 20.6 Å². The Morgan fingerprint density at radius 1 is 1.18 bits per heavy atom. The van der Waals surface area contributed by atoms with Gasteiger partial charge in [-0.25, -0.2) is 0 Å². The molecule has 1 aliphatic heterocycles. The van der Waals surface area contributed by atoms with E-state index in [1.165, 1.54) is 0 Å². The van der Waals surface area contributed by atoms with Crippen LogP contribution in [0.2, 0.25) is 5.02 Å². The molecule has 0 saturated heterocycles. The molecule has 2 aromatic carbocycles. The molecule has 28 heavy (non-hydrogen) atoms. The van der Waals surface area contributed by atoms with Gasteiger partial charge in [-0.15, -0.1) is 0 Å². The average Bonchev–Trinajstić information content (AvgIpc) is 3.12. The van der Waals surface area contributed by atoms with Gasteiger partial charge in [0.15, 0.2) is 11.6 Å². The zero-order valence-electron chi connectivity index (χ0n) is 15.6. The second-order valence-electron chi connectivity index (χ2n) is 6.47. The van der Waals surface area contributed by atoms with Crippen LogP contribution in [-0.2, 0) is 4.79 Å². The van der Waals surface area contributed by atoms with Crippen molar-refractivity contribution in [1.29, 1.82) is 0 Å². The molecule has 7 heteroatoms. The number of aromatic nitrogens is 2. The van der Waals surface area contributed by atoms with E-state index in [9.17, 15) is 4.79 Å². The number of benzene rings is 2. The first-order chi connectivity index (χ1) is 13.6. The van der Waals surface area contributed by atoms with Crippen LogP contribution in [0.25, 0.3) is 16.6 Å². The number of ketones is 1. The lowest BCUT2D eigenvalue weighted by Gasteiger charge is -2.31. The van der Waals surface area contributed by atoms with E-state index in [2.05, 4.69) is 20.9 Å². The molecule has 0 bridgehead atoms. The van der Waals surface area contributed by atoms with Crippen LogP contribution in [0.5, 0.6) is 0 Å². The standard InChI is InChI=1S/C21H20ClN5O/c1-3-27-12-17(23-21-19-15(22)10-7-11-16(19)24-25-21)18(13(2)28)20(26-27)14-8-5-4-6-9-14/h4-12,26H,3H2,1-2H3,(H2,23,24,25). The Morgan fingerprint density at radius 2 is 1.96 bits per heavy atom. The Kier molecular flexibility index (Phi) is 4.79. The number of fused-ring (bicyclic) bond motifs is 1. The fourth-order valence-corrected chi connectivity index (χ4v) is 3.54. The summed E-state index contributed by atoms with van der Waals surface area (Å²) in [4.78, 5) is 12.6. The maximum atomic E-state index is 12.6. The summed E-state index contributed by atoms with van der Waals surface area (Å²) in [5, 5.41) is 14.0. The number of halogens is 1. The minimum absolute atomic E-state index is 0.0493. The zero-order valence-corrected chi connectivity index (χ0v) is 16.3. The largest absolute Gasteiger partial charge is 0.336 e. The fraction of sp³-hybridized carbons (Fsp3) is 0.143. The lowest BCUT2D eigenvalue weighted by Crippen LogP contribution is -2.38. The van der Waals surface area contributed by atoms with Crippen molar-refractivity contribution in [2.24, 2.45) is 0 Å². The molecule has 4 rings (SSSR count). The molecule has 0 unspecified atom stereocenters. The van der Waals surface area contributed by atoms with Crippen molar-refractivity contribution in [3.05, 3.63) is 76.6 Å². The molecule has 0 spiro atoms. The van der Waals surface area contributed by atoms with Gasteiger partial charge in [0, 0.05) is 18.3 Å². The van der Waals surface area contributed by atoms with Crippen molar-refractivity contribution in [2.75, 3.05) is 11.9 Å². The van der Waals surface area contributed by atoms with Crippen LogP contribution in [0.1, 0.15) is 19.4 Å². The summed E-state index contributed by atoms with van der Waals surface area (Å²) in [5.74, 6) is 0.530. The molecule has 0 amide bonds. The smallest absolute Gasteiger partial charge is 0.164 e. The zero-order chi connectivity index (χ0) is 19.7. The van der Waals surface area contributed by atoms with Crippen LogP contribution in [0.4, 0.5) is 5.82 Å². The van der Waals surface area contributed by atoms with Crippen LogP contribution >= 0.6 is 11.6 Å². The number of nitrogens with zero attached hydrogens (tertiary/aromatic N) is 2. The van der Waals surface area contributed by atoms with Crippen molar-refractivity contribution < 1.29 is 4.79 Å². The molecule has 3 aromatic rings. The van der Waals surface area contributed by atoms with E-state index in [1.807, 2.05) is 66.7 Å². The van der Waals surface area contributed by atoms with Gasteiger partial charge in [-0.05, 0) is 26.0 Å². The SMILES string of the molecule is CCN1C=C(Nc2n[nH]c3cccc(Cl)c23)C(C(C)=O)=C(c2ccccc2)N1. The maximum Gasteiger partial charge on any atom is 0.164 e. The van der Waals surface area contributed by atoms with Crippen LogP contribution in [0.15, 0.2) is 66.0 Å². The third-order valence-electron chi connectivity index (χ3n) is 4.61. The second-order valence-corrected chi connectivity index (χ2v) is 6.88. The summed E-state index contributed by atoms with van der Waals surface area (Å²) in [6.07, 6.45) is 1.88. The Labute approximate surface area is 167 Å². The molecule has 0 fully saturated rings. The van der Waals surface area contributed by atoms with Crippen molar-refractivity contribution in [3.8, 4) is 0 Å². The number of rotatable bonds is 5. The predicted molar refractivity (Wildman–Crippen MR) is 112 cm³/mol. The summed E-state index contributed by atoms with van der Waals surface area (Å²) in [5.41, 5.74) is 7.08. The van der Waals surface area contributed by atoms with Crippen LogP contribution in [-0.4, -0.2) is 27.5 Å². The van der Waals surface area contributed by atoms with Crippen LogP contribution in [0.3, 0.4) is 0 Å². The van der Waals surface area contributed by atoms with E-state index in [-0.39, 0.29) is 5.78 Å². The number of hydrogen-bond donors (Lipinski definition) is 3. The Morgan fingerprint density at radius 3 is 2.68 bits per heavy atom. The summed E-state index contributed by atoms with van der Waals surface area (Å²) in [6, 6.07) is 15.4. The summed E-state index contributed by atoms with van der Waals surface area (Å²) in [7, 11) is 0. The predicted octanol–water partition coefficient (Wildman–Crippen LogP) is 4.31. The molecule has 142 valence electrons. The van der Waals surface area contributed by atoms with Crippen molar-refractivity contribution in [3.63, 3.8) is 0 Å². The third kappa shape index (κ3) is 3.23. The highest BCUT2D eigenvalue weighted by Gasteiger charge is 2.25. The number of allylic oxidation sites excluding steroid dienone is 1. The van der Waals surface area contributed by atoms with Crippen LogP contribution in [0, 0.1) is 0 Å². The lowest BCUT2D eigenvalue weighted by atomic mass is 9.99. The van der Waals surface area contributed by atoms with Gasteiger partial charge >= 0.3 is 0 Å². The van der Waals surface area contributed by atoms with Gasteiger partial charge in [0.05, 0.1) is 32.9 Å². The number of carbonyl (C=O) groups excluding carboxylic acids is 1. The van der Waals surface area contributed by atoms with Crippen molar-refractivity contribution >= 4 is 39.8 Å². The van der Waals surface area contributed by atoms with Gasteiger partial charge in [-0.1, -0.05) is 48.0 Å². The van der Waals surface area contributed by atoms with E-state index in [0.29, 0.717) is 22.1 Å². The maximum absolute atomic E-state index is 12.6. The highest BCUT2D eigenvalue weighted by atomic mass is 35.5. The summed E-state index contributed by atoms with van der Waals surface area (Å²) in [6.45, 7) is 4.31. The highest BCUT2D eigenvalue weighted by molar-refractivity contribution is 6.36. The lowest BCUT2D eigenvalue weighted by molar-refractivity contribution is -0.113. The number of hydrogen-bond acceptors (Lipinski definition) is 5. The quantitative estimate of drug-likeness (QED) is 0.602. The number of hydrazine groups is 1. The van der Waals surface area contributed by atoms with Gasteiger partial charge in [-0.2, -0.15) is 5.10 Å². The molecule has 3 N–H and O–H groups in total. The molecule has 6 nitrogen and oxygen atoms in total. The molecule has 0 atom stereocenters. The van der Waals surface area contributed by atoms with Gasteiger partial charge in [-0.3, -0.25) is 20.3 Å². The number of nitrogens with one attached hydrogen (secondary N) is 3. The Balaban J connectivity index is 1.84. The number of carbonyl (C=O) groups is 1. The van der Waals surface area contributed by atoms with Gasteiger partial charge in [0.2, 0.25) is 0 Å². The number of anilines is 1. The van der Waals surface area contributed by atoms with E-state index in [1.54, 1.807) is 6.92 Å². The molecular weight excluding hydrogens is 374 g/mol. The molecule has 0 saturated carbocycles. The average molecular weight is 394 g/mol. The van der Waals surface area contributed by atoms with E-state index < -0.39 is 0 Å². The van der Waals surface area contributed by atoms with Gasteiger partial charge in [0.25, 0.3) is 0 Å². The Hall–Kier alpha value is -3.25. The third-order valence-corrected chi connectivity index (χ3v) is 4.92. The number of aromatic amines is 1. The highest BCUT2D eigenvalue weighted by Crippen LogP contribution is 2.32. The van der Waals surface area contributed by atoms with Crippen LogP contribution < -0.4 is 10.7 Å². The van der Waals surface area contributed by atoms with Crippen molar-refractivity contribution in [2.45, 2.75) is 13.8 Å². The molecule has 1 aromatic heterocycles. The molecular formula is C21H20ClN5O. The van der Waals surface area contributed by atoms with E-state index in [4.69, 9.17) is 11.6 Å². The molecule has 0 aliphatic carbocycles. The first kappa shape index (κ1) is 18.1. The molecule has 0 radical (unpaired) electrons. The topological polar surface area (TPSA) is 73.0 Å². The van der Waals surface area contributed by atoms with E-state index >= 15 is 0 Å². The number of Topliss-reactive ketones (excluding diaryl/α,β-unsaturated/α-hetero) is 1. The summed E-state index contributed by atoms with van der Waals surface area (Å²) < 4.78 is 0. The first-order valence-corrected chi connectivity index (χ1v) is 9.42.